The van der Waals surface area contributed by atoms with Gasteiger partial charge in [-0.25, -0.2) is 0 Å². The van der Waals surface area contributed by atoms with Crippen LogP contribution < -0.4 is 5.73 Å². The second-order valence-corrected chi connectivity index (χ2v) is 7.86. The van der Waals surface area contributed by atoms with Crippen LogP contribution in [0.25, 0.3) is 0 Å². The van der Waals surface area contributed by atoms with Crippen molar-refractivity contribution in [2.75, 3.05) is 0 Å². The van der Waals surface area contributed by atoms with Gasteiger partial charge in [-0.2, -0.15) is 0 Å². The van der Waals surface area contributed by atoms with Gasteiger partial charge in [0.1, 0.15) is 11.5 Å². The molecule has 1 aromatic carbocycles. The third-order valence-electron chi connectivity index (χ3n) is 5.91. The molecule has 0 bridgehead atoms. The minimum absolute atomic E-state index is 0.140. The van der Waals surface area contributed by atoms with Crippen molar-refractivity contribution < 1.29 is 19.8 Å². The fourth-order valence-electron chi connectivity index (χ4n) is 4.20. The lowest BCUT2D eigenvalue weighted by Gasteiger charge is -2.42. The van der Waals surface area contributed by atoms with E-state index in [1.165, 1.54) is 18.2 Å². The number of phenolic OH excluding ortho intramolecular Hbond substituents is 2. The molecule has 0 saturated heterocycles. The molecule has 0 spiro atoms. The summed E-state index contributed by atoms with van der Waals surface area (Å²) in [6, 6.07) is 2.44. The molecule has 4 N–H and O–H groups in total. The van der Waals surface area contributed by atoms with Gasteiger partial charge >= 0.3 is 0 Å². The lowest BCUT2D eigenvalue weighted by Crippen LogP contribution is -2.50. The van der Waals surface area contributed by atoms with Crippen molar-refractivity contribution in [3.8, 4) is 11.5 Å². The van der Waals surface area contributed by atoms with Gasteiger partial charge in [-0.05, 0) is 55.7 Å². The zero-order valence-corrected chi connectivity index (χ0v) is 15.9. The van der Waals surface area contributed by atoms with Crippen LogP contribution in [-0.4, -0.2) is 27.3 Å². The molecule has 1 fully saturated rings. The van der Waals surface area contributed by atoms with Crippen LogP contribution in [0, 0.1) is 11.8 Å². The van der Waals surface area contributed by atoms with E-state index in [0.29, 0.717) is 18.8 Å². The first kappa shape index (κ1) is 19.4. The van der Waals surface area contributed by atoms with Gasteiger partial charge in [0, 0.05) is 11.1 Å². The molecular formula is C22H27NO4. The number of allylic oxidation sites excluding steroid dienone is 3. The van der Waals surface area contributed by atoms with E-state index in [9.17, 15) is 19.8 Å². The third kappa shape index (κ3) is 3.44. The summed E-state index contributed by atoms with van der Waals surface area (Å²) in [6.45, 7) is 4.31. The number of ketones is 2. The van der Waals surface area contributed by atoms with Gasteiger partial charge in [0.25, 0.3) is 0 Å². The van der Waals surface area contributed by atoms with Crippen molar-refractivity contribution in [2.45, 2.75) is 51.5 Å². The van der Waals surface area contributed by atoms with Crippen LogP contribution in [0.4, 0.5) is 0 Å². The van der Waals surface area contributed by atoms with Crippen LogP contribution in [0.3, 0.4) is 0 Å². The number of Topliss-reactive ketones (excluding diaryl/α,β-unsaturated/α-hetero) is 1. The van der Waals surface area contributed by atoms with E-state index in [4.69, 9.17) is 5.73 Å². The van der Waals surface area contributed by atoms with E-state index >= 15 is 0 Å². The highest BCUT2D eigenvalue weighted by molar-refractivity contribution is 6.27. The van der Waals surface area contributed by atoms with Gasteiger partial charge in [0.15, 0.2) is 11.6 Å². The number of aromatic hydroxyl groups is 2. The quantitative estimate of drug-likeness (QED) is 0.552. The molecular weight excluding hydrogens is 342 g/mol. The summed E-state index contributed by atoms with van der Waals surface area (Å²) in [5.41, 5.74) is 5.70. The Labute approximate surface area is 159 Å². The monoisotopic (exact) mass is 369 g/mol. The predicted molar refractivity (Wildman–Crippen MR) is 104 cm³/mol. The Balaban J connectivity index is 1.97. The summed E-state index contributed by atoms with van der Waals surface area (Å²) in [4.78, 5) is 25.7. The molecule has 0 aromatic heterocycles. The number of phenols is 2. The summed E-state index contributed by atoms with van der Waals surface area (Å²) < 4.78 is 0. The van der Waals surface area contributed by atoms with E-state index in [2.05, 4.69) is 26.0 Å². The van der Waals surface area contributed by atoms with Gasteiger partial charge in [0.05, 0.1) is 11.1 Å². The number of benzene rings is 1. The number of hydrogen-bond acceptors (Lipinski definition) is 5. The lowest BCUT2D eigenvalue weighted by atomic mass is 9.65. The van der Waals surface area contributed by atoms with E-state index in [0.717, 1.165) is 19.3 Å². The van der Waals surface area contributed by atoms with E-state index in [-0.39, 0.29) is 34.1 Å². The number of hydrogen-bond donors (Lipinski definition) is 3. The van der Waals surface area contributed by atoms with Crippen molar-refractivity contribution in [1.82, 2.24) is 0 Å². The topological polar surface area (TPSA) is 101 Å². The summed E-state index contributed by atoms with van der Waals surface area (Å²) in [5, 5.41) is 20.1. The fraction of sp³-hybridized carbons (Fsp3) is 0.455. The molecule has 144 valence electrons. The molecule has 27 heavy (non-hydrogen) atoms. The molecule has 5 nitrogen and oxygen atoms in total. The molecule has 2 aliphatic rings. The summed E-state index contributed by atoms with van der Waals surface area (Å²) in [7, 11) is 0. The normalized spacial score (nSPS) is 28.3. The molecule has 0 radical (unpaired) electrons. The Morgan fingerprint density at radius 1 is 1.22 bits per heavy atom. The zero-order valence-electron chi connectivity index (χ0n) is 15.9. The average Bonchev–Trinajstić information content (AvgIpc) is 2.63. The molecule has 3 rings (SSSR count). The Hall–Kier alpha value is -2.40. The SMILES string of the molecule is CCCC=CC1CC(N)(C2=CC(=O)c3c(O)ccc(O)c3C2=O)CCC1C. The van der Waals surface area contributed by atoms with E-state index in [1.54, 1.807) is 0 Å². The highest BCUT2D eigenvalue weighted by Gasteiger charge is 2.44. The number of nitrogens with two attached hydrogens (primary N) is 1. The Bertz CT molecular complexity index is 839. The average molecular weight is 369 g/mol. The smallest absolute Gasteiger partial charge is 0.195 e. The van der Waals surface area contributed by atoms with Crippen molar-refractivity contribution in [1.29, 1.82) is 0 Å². The molecule has 1 aromatic rings. The number of rotatable bonds is 4. The maximum absolute atomic E-state index is 13.1. The Morgan fingerprint density at radius 2 is 1.89 bits per heavy atom. The Morgan fingerprint density at radius 3 is 2.56 bits per heavy atom. The number of carbonyl (C=O) groups excluding carboxylic acids is 2. The van der Waals surface area contributed by atoms with Gasteiger partial charge in [-0.3, -0.25) is 9.59 Å². The first-order valence-electron chi connectivity index (χ1n) is 9.60. The molecule has 0 aliphatic heterocycles. The summed E-state index contributed by atoms with van der Waals surface area (Å²) >= 11 is 0. The van der Waals surface area contributed by atoms with Gasteiger partial charge in [-0.1, -0.05) is 32.4 Å². The van der Waals surface area contributed by atoms with Crippen LogP contribution in [-0.2, 0) is 0 Å². The van der Waals surface area contributed by atoms with Crippen LogP contribution in [0.15, 0.2) is 35.9 Å². The molecule has 5 heteroatoms. The zero-order chi connectivity index (χ0) is 19.8. The molecule has 2 aliphatic carbocycles. The van der Waals surface area contributed by atoms with Gasteiger partial charge < -0.3 is 15.9 Å². The van der Waals surface area contributed by atoms with Crippen LogP contribution in [0.2, 0.25) is 0 Å². The standard InChI is InChI=1S/C22H27NO4/c1-3-4-5-6-14-12-22(23,10-9-13(14)2)15-11-18(26)19-16(24)7-8-17(25)20(19)21(15)27/h5-8,11,13-14,24-25H,3-4,9-10,12,23H2,1-2H3. The van der Waals surface area contributed by atoms with Crippen molar-refractivity contribution in [2.24, 2.45) is 17.6 Å². The maximum atomic E-state index is 13.1. The minimum Gasteiger partial charge on any atom is -0.507 e. The fourth-order valence-corrected chi connectivity index (χ4v) is 4.20. The number of carbonyl (C=O) groups is 2. The minimum atomic E-state index is -0.921. The second-order valence-electron chi connectivity index (χ2n) is 7.86. The summed E-state index contributed by atoms with van der Waals surface area (Å²) in [6.07, 6.45) is 9.71. The predicted octanol–water partition coefficient (Wildman–Crippen LogP) is 3.89. The Kier molecular flexibility index (Phi) is 5.24. The van der Waals surface area contributed by atoms with Crippen molar-refractivity contribution in [3.05, 3.63) is 47.1 Å². The van der Waals surface area contributed by atoms with Gasteiger partial charge in [0.2, 0.25) is 0 Å². The van der Waals surface area contributed by atoms with Gasteiger partial charge in [-0.15, -0.1) is 0 Å². The lowest BCUT2D eigenvalue weighted by molar-refractivity contribution is 0.0951. The third-order valence-corrected chi connectivity index (χ3v) is 5.91. The highest BCUT2D eigenvalue weighted by Crippen LogP contribution is 2.44. The molecule has 0 amide bonds. The van der Waals surface area contributed by atoms with Crippen LogP contribution in [0.1, 0.15) is 66.7 Å². The molecule has 3 unspecified atom stereocenters. The largest absolute Gasteiger partial charge is 0.507 e. The first-order chi connectivity index (χ1) is 12.8. The van der Waals surface area contributed by atoms with E-state index in [1.807, 2.05) is 0 Å². The van der Waals surface area contributed by atoms with Crippen molar-refractivity contribution in [3.63, 3.8) is 0 Å². The number of fused-ring (bicyclic) bond motifs is 1. The molecule has 1 saturated carbocycles. The highest BCUT2D eigenvalue weighted by atomic mass is 16.3. The van der Waals surface area contributed by atoms with E-state index < -0.39 is 17.1 Å². The van der Waals surface area contributed by atoms with Crippen LogP contribution >= 0.6 is 0 Å². The number of unbranched alkanes of at least 4 members (excludes halogenated alkanes) is 1. The van der Waals surface area contributed by atoms with Crippen LogP contribution in [0.5, 0.6) is 11.5 Å². The molecule has 0 heterocycles. The maximum Gasteiger partial charge on any atom is 0.195 e. The van der Waals surface area contributed by atoms with Crippen molar-refractivity contribution >= 4 is 11.6 Å². The first-order valence-corrected chi connectivity index (χ1v) is 9.60. The molecule has 3 atom stereocenters. The second kappa shape index (κ2) is 7.31. The summed E-state index contributed by atoms with van der Waals surface area (Å²) in [5.74, 6) is -0.882.